The molecule has 0 aromatic heterocycles. The molecule has 23 heavy (non-hydrogen) atoms. The van der Waals surface area contributed by atoms with Crippen molar-refractivity contribution >= 4 is 34.8 Å². The maximum absolute atomic E-state index is 13.0. The van der Waals surface area contributed by atoms with Crippen LogP contribution >= 0.6 is 23.2 Å². The molecule has 0 saturated heterocycles. The van der Waals surface area contributed by atoms with Crippen LogP contribution in [0.2, 0.25) is 10.0 Å². The van der Waals surface area contributed by atoms with Crippen LogP contribution in [0, 0.1) is 5.82 Å². The Labute approximate surface area is 144 Å². The first-order valence-electron chi connectivity index (χ1n) is 7.24. The van der Waals surface area contributed by atoms with E-state index in [0.29, 0.717) is 10.7 Å². The zero-order chi connectivity index (χ0) is 17.0. The number of carbonyl (C=O) groups excluding carboxylic acids is 1. The van der Waals surface area contributed by atoms with Crippen LogP contribution in [0.25, 0.3) is 0 Å². The summed E-state index contributed by atoms with van der Waals surface area (Å²) < 4.78 is 13.0. The molecule has 0 aliphatic carbocycles. The van der Waals surface area contributed by atoms with Crippen molar-refractivity contribution in [1.82, 2.24) is 0 Å². The largest absolute Gasteiger partial charge is 0.330 e. The number of halogens is 3. The van der Waals surface area contributed by atoms with Crippen LogP contribution in [0.1, 0.15) is 25.5 Å². The number of hydrogen-bond donors (Lipinski definition) is 2. The maximum atomic E-state index is 13.0. The fraction of sp³-hybridized carbons (Fsp3) is 0.235. The van der Waals surface area contributed by atoms with Crippen molar-refractivity contribution in [2.75, 3.05) is 5.32 Å². The molecule has 0 bridgehead atoms. The topological polar surface area (TPSA) is 45.7 Å². The van der Waals surface area contributed by atoms with E-state index in [1.165, 1.54) is 12.1 Å². The molecule has 0 aliphatic heterocycles. The molecule has 0 saturated carbocycles. The molecule has 3 N–H and O–H groups in total. The molecule has 3 nitrogen and oxygen atoms in total. The van der Waals surface area contributed by atoms with Crippen LogP contribution in [0.4, 0.5) is 10.1 Å². The predicted octanol–water partition coefficient (Wildman–Crippen LogP) is 3.78. The van der Waals surface area contributed by atoms with Gasteiger partial charge in [-0.15, -0.1) is 0 Å². The second-order valence-electron chi connectivity index (χ2n) is 5.40. The molecule has 0 heterocycles. The average Bonchev–Trinajstić information content (AvgIpc) is 2.50. The Morgan fingerprint density at radius 1 is 1.13 bits per heavy atom. The van der Waals surface area contributed by atoms with E-state index in [-0.39, 0.29) is 23.0 Å². The Balaban J connectivity index is 2.01. The van der Waals surface area contributed by atoms with Crippen LogP contribution in [0.15, 0.2) is 42.5 Å². The number of quaternary nitrogens is 1. The van der Waals surface area contributed by atoms with Gasteiger partial charge in [0.25, 0.3) is 5.91 Å². The number of nitrogens with two attached hydrogens (primary N) is 1. The third kappa shape index (κ3) is 4.67. The highest BCUT2D eigenvalue weighted by Crippen LogP contribution is 2.22. The van der Waals surface area contributed by atoms with Crippen molar-refractivity contribution in [2.45, 2.75) is 25.9 Å². The molecule has 2 atom stereocenters. The Morgan fingerprint density at radius 2 is 1.83 bits per heavy atom. The standard InChI is InChI=1S/C17H17Cl2FN2O/c1-10(13-5-3-4-6-14(13)18)21-11(2)17(23)22-16-8-7-12(20)9-15(16)19/h3-11,21H,1-2H3,(H,22,23)/p+1/t10-,11+/m1/s1. The average molecular weight is 356 g/mol. The van der Waals surface area contributed by atoms with Crippen LogP contribution in [0.5, 0.6) is 0 Å². The number of rotatable bonds is 5. The van der Waals surface area contributed by atoms with E-state index in [0.717, 1.165) is 11.6 Å². The van der Waals surface area contributed by atoms with E-state index in [2.05, 4.69) is 5.32 Å². The number of amides is 1. The van der Waals surface area contributed by atoms with E-state index in [1.54, 1.807) is 6.92 Å². The van der Waals surface area contributed by atoms with Gasteiger partial charge in [-0.25, -0.2) is 4.39 Å². The molecule has 2 aromatic carbocycles. The zero-order valence-corrected chi connectivity index (χ0v) is 14.3. The summed E-state index contributed by atoms with van der Waals surface area (Å²) in [6, 6.07) is 11.1. The van der Waals surface area contributed by atoms with Crippen molar-refractivity contribution < 1.29 is 14.5 Å². The molecule has 6 heteroatoms. The van der Waals surface area contributed by atoms with Gasteiger partial charge in [-0.1, -0.05) is 41.4 Å². The first kappa shape index (κ1) is 17.7. The highest BCUT2D eigenvalue weighted by molar-refractivity contribution is 6.33. The van der Waals surface area contributed by atoms with E-state index in [1.807, 2.05) is 36.5 Å². The normalized spacial score (nSPS) is 13.4. The highest BCUT2D eigenvalue weighted by atomic mass is 35.5. The smallest absolute Gasteiger partial charge is 0.282 e. The summed E-state index contributed by atoms with van der Waals surface area (Å²) in [5.41, 5.74) is 1.36. The molecule has 2 rings (SSSR count). The van der Waals surface area contributed by atoms with Gasteiger partial charge in [0.05, 0.1) is 10.7 Å². The fourth-order valence-corrected chi connectivity index (χ4v) is 2.83. The van der Waals surface area contributed by atoms with Gasteiger partial charge in [-0.3, -0.25) is 4.79 Å². The van der Waals surface area contributed by atoms with Gasteiger partial charge in [-0.05, 0) is 38.1 Å². The number of benzene rings is 2. The van der Waals surface area contributed by atoms with Gasteiger partial charge >= 0.3 is 0 Å². The third-order valence-corrected chi connectivity index (χ3v) is 4.23. The molecule has 0 fully saturated rings. The minimum atomic E-state index is -0.444. The summed E-state index contributed by atoms with van der Waals surface area (Å²) in [6.07, 6.45) is 0. The minimum absolute atomic E-state index is 0.0214. The molecule has 0 radical (unpaired) electrons. The van der Waals surface area contributed by atoms with Crippen LogP contribution in [-0.2, 0) is 4.79 Å². The fourth-order valence-electron chi connectivity index (χ4n) is 2.31. The van der Waals surface area contributed by atoms with Crippen molar-refractivity contribution in [3.8, 4) is 0 Å². The van der Waals surface area contributed by atoms with Crippen LogP contribution < -0.4 is 10.6 Å². The van der Waals surface area contributed by atoms with Crippen molar-refractivity contribution in [2.24, 2.45) is 0 Å². The molecule has 0 unspecified atom stereocenters. The monoisotopic (exact) mass is 355 g/mol. The molecule has 1 amide bonds. The van der Waals surface area contributed by atoms with E-state index in [9.17, 15) is 9.18 Å². The molecule has 122 valence electrons. The molecular formula is C17H18Cl2FN2O+. The third-order valence-electron chi connectivity index (χ3n) is 3.58. The second kappa shape index (κ2) is 7.77. The summed E-state index contributed by atoms with van der Waals surface area (Å²) in [7, 11) is 0. The first-order valence-corrected chi connectivity index (χ1v) is 7.99. The van der Waals surface area contributed by atoms with Crippen LogP contribution in [-0.4, -0.2) is 11.9 Å². The SMILES string of the molecule is C[C@H]([NH2+][C@H](C)c1ccccc1Cl)C(=O)Nc1ccc(F)cc1Cl. The maximum Gasteiger partial charge on any atom is 0.282 e. The van der Waals surface area contributed by atoms with Crippen molar-refractivity contribution in [3.63, 3.8) is 0 Å². The van der Waals surface area contributed by atoms with Crippen molar-refractivity contribution in [3.05, 3.63) is 63.9 Å². The summed E-state index contributed by atoms with van der Waals surface area (Å²) >= 11 is 12.1. The molecule has 2 aromatic rings. The second-order valence-corrected chi connectivity index (χ2v) is 6.22. The summed E-state index contributed by atoms with van der Waals surface area (Å²) in [5, 5.41) is 5.46. The first-order chi connectivity index (χ1) is 10.9. The predicted molar refractivity (Wildman–Crippen MR) is 91.3 cm³/mol. The van der Waals surface area contributed by atoms with Crippen molar-refractivity contribution in [1.29, 1.82) is 0 Å². The van der Waals surface area contributed by atoms with E-state index < -0.39 is 5.82 Å². The van der Waals surface area contributed by atoms with Gasteiger partial charge in [0.1, 0.15) is 11.9 Å². The highest BCUT2D eigenvalue weighted by Gasteiger charge is 2.22. The lowest BCUT2D eigenvalue weighted by molar-refractivity contribution is -0.709. The Kier molecular flexibility index (Phi) is 5.99. The quantitative estimate of drug-likeness (QED) is 0.841. The lowest BCUT2D eigenvalue weighted by Gasteiger charge is -2.18. The Bertz CT molecular complexity index is 709. The summed E-state index contributed by atoms with van der Waals surface area (Å²) in [4.78, 5) is 12.3. The molecule has 0 aliphatic rings. The lowest BCUT2D eigenvalue weighted by atomic mass is 10.1. The van der Waals surface area contributed by atoms with E-state index in [4.69, 9.17) is 23.2 Å². The van der Waals surface area contributed by atoms with Gasteiger partial charge in [0.2, 0.25) is 0 Å². The number of hydrogen-bond acceptors (Lipinski definition) is 1. The molecular weight excluding hydrogens is 338 g/mol. The van der Waals surface area contributed by atoms with Crippen LogP contribution in [0.3, 0.4) is 0 Å². The Hall–Kier alpha value is -1.62. The number of nitrogens with one attached hydrogen (secondary N) is 1. The van der Waals surface area contributed by atoms with Gasteiger partial charge in [-0.2, -0.15) is 0 Å². The van der Waals surface area contributed by atoms with Gasteiger partial charge in [0.15, 0.2) is 6.04 Å². The van der Waals surface area contributed by atoms with E-state index >= 15 is 0 Å². The van der Waals surface area contributed by atoms with Gasteiger partial charge < -0.3 is 10.6 Å². The Morgan fingerprint density at radius 3 is 2.48 bits per heavy atom. The molecule has 0 spiro atoms. The summed E-state index contributed by atoms with van der Waals surface area (Å²) in [5.74, 6) is -0.655. The zero-order valence-electron chi connectivity index (χ0n) is 12.8. The summed E-state index contributed by atoms with van der Waals surface area (Å²) in [6.45, 7) is 3.77. The lowest BCUT2D eigenvalue weighted by Crippen LogP contribution is -2.91. The minimum Gasteiger partial charge on any atom is -0.330 e. The number of anilines is 1. The number of carbonyl (C=O) groups is 1. The van der Waals surface area contributed by atoms with Gasteiger partial charge in [0, 0.05) is 10.6 Å².